The number of anilines is 1. The monoisotopic (exact) mass is 194 g/mol. The minimum Gasteiger partial charge on any atom is -0.495 e. The molecule has 0 aliphatic heterocycles. The van der Waals surface area contributed by atoms with Crippen molar-refractivity contribution in [1.82, 2.24) is 0 Å². The zero-order valence-corrected chi connectivity index (χ0v) is 8.28. The molecule has 14 heavy (non-hydrogen) atoms. The first-order valence-corrected chi connectivity index (χ1v) is 4.34. The van der Waals surface area contributed by atoms with E-state index in [1.165, 1.54) is 0 Å². The molecule has 0 saturated carbocycles. The molecule has 0 aliphatic rings. The molecule has 76 valence electrons. The van der Waals surface area contributed by atoms with Crippen LogP contribution < -0.4 is 15.8 Å². The summed E-state index contributed by atoms with van der Waals surface area (Å²) in [5.74, 6) is 0.399. The van der Waals surface area contributed by atoms with E-state index in [1.54, 1.807) is 26.2 Å². The molecule has 1 amide bonds. The second-order valence-electron chi connectivity index (χ2n) is 2.98. The number of hydrogen-bond donors (Lipinski definition) is 2. The summed E-state index contributed by atoms with van der Waals surface area (Å²) in [6.07, 6.45) is 0. The van der Waals surface area contributed by atoms with Gasteiger partial charge in [0.25, 0.3) is 0 Å². The van der Waals surface area contributed by atoms with E-state index < -0.39 is 6.04 Å². The third kappa shape index (κ3) is 2.47. The Hall–Kier alpha value is -1.55. The SMILES string of the molecule is COc1ccccc1NC(=O)[C@H](C)N. The van der Waals surface area contributed by atoms with Gasteiger partial charge in [0.05, 0.1) is 18.8 Å². The van der Waals surface area contributed by atoms with Crippen LogP contribution in [0.15, 0.2) is 24.3 Å². The Bertz CT molecular complexity index is 324. The predicted molar refractivity (Wildman–Crippen MR) is 55.3 cm³/mol. The second-order valence-corrected chi connectivity index (χ2v) is 2.98. The fraction of sp³-hybridized carbons (Fsp3) is 0.300. The van der Waals surface area contributed by atoms with Crippen molar-refractivity contribution in [2.75, 3.05) is 12.4 Å². The van der Waals surface area contributed by atoms with Gasteiger partial charge in [0, 0.05) is 0 Å². The van der Waals surface area contributed by atoms with Crippen LogP contribution in [0.5, 0.6) is 5.75 Å². The maximum Gasteiger partial charge on any atom is 0.241 e. The van der Waals surface area contributed by atoms with Crippen molar-refractivity contribution in [3.8, 4) is 5.75 Å². The first kappa shape index (κ1) is 10.5. The highest BCUT2D eigenvalue weighted by Crippen LogP contribution is 2.22. The van der Waals surface area contributed by atoms with Crippen molar-refractivity contribution in [3.05, 3.63) is 24.3 Å². The second kappa shape index (κ2) is 4.62. The van der Waals surface area contributed by atoms with E-state index in [9.17, 15) is 4.79 Å². The van der Waals surface area contributed by atoms with Gasteiger partial charge >= 0.3 is 0 Å². The Labute approximate surface area is 83.1 Å². The molecule has 1 atom stereocenters. The van der Waals surface area contributed by atoms with Gasteiger partial charge in [-0.1, -0.05) is 12.1 Å². The number of methoxy groups -OCH3 is 1. The van der Waals surface area contributed by atoms with Gasteiger partial charge in [0.2, 0.25) is 5.91 Å². The average molecular weight is 194 g/mol. The van der Waals surface area contributed by atoms with Crippen LogP contribution in [0, 0.1) is 0 Å². The first-order chi connectivity index (χ1) is 6.65. The van der Waals surface area contributed by atoms with E-state index >= 15 is 0 Å². The number of amides is 1. The standard InChI is InChI=1S/C10H14N2O2/c1-7(11)10(13)12-8-5-3-4-6-9(8)14-2/h3-7H,11H2,1-2H3,(H,12,13)/t7-/m0/s1. The van der Waals surface area contributed by atoms with Gasteiger partial charge in [-0.15, -0.1) is 0 Å². The lowest BCUT2D eigenvalue weighted by Gasteiger charge is -2.10. The molecule has 4 nitrogen and oxygen atoms in total. The molecule has 4 heteroatoms. The van der Waals surface area contributed by atoms with Crippen molar-refractivity contribution in [2.45, 2.75) is 13.0 Å². The molecule has 1 aromatic carbocycles. The number of benzene rings is 1. The first-order valence-electron chi connectivity index (χ1n) is 4.34. The fourth-order valence-electron chi connectivity index (χ4n) is 0.994. The number of nitrogens with one attached hydrogen (secondary N) is 1. The van der Waals surface area contributed by atoms with Crippen molar-refractivity contribution in [3.63, 3.8) is 0 Å². The van der Waals surface area contributed by atoms with E-state index in [0.29, 0.717) is 11.4 Å². The lowest BCUT2D eigenvalue weighted by atomic mass is 10.2. The Morgan fingerprint density at radius 3 is 2.71 bits per heavy atom. The van der Waals surface area contributed by atoms with E-state index in [0.717, 1.165) is 0 Å². The summed E-state index contributed by atoms with van der Waals surface area (Å²) in [5, 5.41) is 2.67. The molecule has 0 unspecified atom stereocenters. The van der Waals surface area contributed by atoms with Crippen molar-refractivity contribution in [2.24, 2.45) is 5.73 Å². The number of carbonyl (C=O) groups excluding carboxylic acids is 1. The van der Waals surface area contributed by atoms with E-state index in [-0.39, 0.29) is 5.91 Å². The minimum atomic E-state index is -0.528. The largest absolute Gasteiger partial charge is 0.495 e. The number of ether oxygens (including phenoxy) is 1. The Morgan fingerprint density at radius 1 is 1.50 bits per heavy atom. The van der Waals surface area contributed by atoms with Crippen molar-refractivity contribution < 1.29 is 9.53 Å². The molecule has 0 bridgehead atoms. The third-order valence-electron chi connectivity index (χ3n) is 1.78. The molecule has 0 heterocycles. The molecule has 1 aromatic rings. The zero-order valence-electron chi connectivity index (χ0n) is 8.28. The van der Waals surface area contributed by atoms with Crippen LogP contribution in [-0.2, 0) is 4.79 Å². The lowest BCUT2D eigenvalue weighted by Crippen LogP contribution is -2.32. The van der Waals surface area contributed by atoms with Crippen LogP contribution in [0.25, 0.3) is 0 Å². The Morgan fingerprint density at radius 2 is 2.14 bits per heavy atom. The Kier molecular flexibility index (Phi) is 3.48. The summed E-state index contributed by atoms with van der Waals surface area (Å²) < 4.78 is 5.07. The van der Waals surface area contributed by atoms with Crippen LogP contribution >= 0.6 is 0 Å². The van der Waals surface area contributed by atoms with Crippen LogP contribution in [0.1, 0.15) is 6.92 Å². The van der Waals surface area contributed by atoms with Gasteiger partial charge in [0.15, 0.2) is 0 Å². The van der Waals surface area contributed by atoms with Crippen LogP contribution in [-0.4, -0.2) is 19.1 Å². The minimum absolute atomic E-state index is 0.227. The highest BCUT2D eigenvalue weighted by Gasteiger charge is 2.09. The summed E-state index contributed by atoms with van der Waals surface area (Å²) in [6.45, 7) is 1.63. The molecule has 0 radical (unpaired) electrons. The summed E-state index contributed by atoms with van der Waals surface area (Å²) in [4.78, 5) is 11.3. The lowest BCUT2D eigenvalue weighted by molar-refractivity contribution is -0.117. The molecule has 3 N–H and O–H groups in total. The average Bonchev–Trinajstić information content (AvgIpc) is 2.18. The molecule has 0 aliphatic carbocycles. The molecular formula is C10H14N2O2. The van der Waals surface area contributed by atoms with Gasteiger partial charge in [-0.25, -0.2) is 0 Å². The van der Waals surface area contributed by atoms with E-state index in [4.69, 9.17) is 10.5 Å². The topological polar surface area (TPSA) is 64.3 Å². The summed E-state index contributed by atoms with van der Waals surface area (Å²) in [7, 11) is 1.55. The molecular weight excluding hydrogens is 180 g/mol. The number of carbonyl (C=O) groups is 1. The molecule has 1 rings (SSSR count). The molecule has 0 aromatic heterocycles. The van der Waals surface area contributed by atoms with Gasteiger partial charge in [-0.05, 0) is 19.1 Å². The maximum atomic E-state index is 11.3. The third-order valence-corrected chi connectivity index (χ3v) is 1.78. The predicted octanol–water partition coefficient (Wildman–Crippen LogP) is 0.981. The Balaban J connectivity index is 2.80. The van der Waals surface area contributed by atoms with Gasteiger partial charge in [-0.3, -0.25) is 4.79 Å². The molecule has 0 spiro atoms. The molecule has 0 fully saturated rings. The number of nitrogens with two attached hydrogens (primary N) is 1. The summed E-state index contributed by atoms with van der Waals surface area (Å²) in [5.41, 5.74) is 6.06. The molecule has 0 saturated heterocycles. The maximum absolute atomic E-state index is 11.3. The van der Waals surface area contributed by atoms with Gasteiger partial charge in [0.1, 0.15) is 5.75 Å². The van der Waals surface area contributed by atoms with Crippen LogP contribution in [0.2, 0.25) is 0 Å². The fourth-order valence-corrected chi connectivity index (χ4v) is 0.994. The van der Waals surface area contributed by atoms with E-state index in [1.807, 2.05) is 12.1 Å². The zero-order chi connectivity index (χ0) is 10.6. The normalized spacial score (nSPS) is 11.9. The van der Waals surface area contributed by atoms with Crippen LogP contribution in [0.3, 0.4) is 0 Å². The van der Waals surface area contributed by atoms with Gasteiger partial charge < -0.3 is 15.8 Å². The number of para-hydroxylation sites is 2. The van der Waals surface area contributed by atoms with E-state index in [2.05, 4.69) is 5.32 Å². The summed E-state index contributed by atoms with van der Waals surface area (Å²) >= 11 is 0. The van der Waals surface area contributed by atoms with Crippen molar-refractivity contribution in [1.29, 1.82) is 0 Å². The highest BCUT2D eigenvalue weighted by molar-refractivity contribution is 5.95. The highest BCUT2D eigenvalue weighted by atomic mass is 16.5. The number of hydrogen-bond acceptors (Lipinski definition) is 3. The van der Waals surface area contributed by atoms with Crippen molar-refractivity contribution >= 4 is 11.6 Å². The quantitative estimate of drug-likeness (QED) is 0.753. The number of rotatable bonds is 3. The van der Waals surface area contributed by atoms with Crippen LogP contribution in [0.4, 0.5) is 5.69 Å². The summed E-state index contributed by atoms with van der Waals surface area (Å²) in [6, 6.07) is 6.66. The smallest absolute Gasteiger partial charge is 0.241 e. The van der Waals surface area contributed by atoms with Gasteiger partial charge in [-0.2, -0.15) is 0 Å².